The smallest absolute Gasteiger partial charge is 0.306 e. The van der Waals surface area contributed by atoms with Crippen LogP contribution in [0.25, 0.3) is 39.5 Å². The molecule has 0 N–H and O–H groups in total. The zero-order valence-electron chi connectivity index (χ0n) is 24.9. The molecule has 1 aliphatic carbocycles. The molecule has 1 aliphatic rings. The summed E-state index contributed by atoms with van der Waals surface area (Å²) in [4.78, 5) is 5.04. The molecule has 6 aromatic carbocycles. The molecule has 2 heterocycles. The van der Waals surface area contributed by atoms with Gasteiger partial charge in [0.1, 0.15) is 23.5 Å². The molecule has 9 rings (SSSR count). The lowest BCUT2D eigenvalue weighted by atomic mass is 9.67. The highest BCUT2D eigenvalue weighted by atomic mass is 16.5. The van der Waals surface area contributed by atoms with Gasteiger partial charge in [-0.05, 0) is 75.8 Å². The summed E-state index contributed by atoms with van der Waals surface area (Å²) in [5, 5.41) is 0. The SMILES string of the molecule is c1ccc(Oc2ccc(-c3c(-c4ccc5c(c4)C(c4ccccc4)(c4ccccc4)c4ccccc4-5)nc4occn34)cc2)cc1. The van der Waals surface area contributed by atoms with Gasteiger partial charge in [0.25, 0.3) is 0 Å². The van der Waals surface area contributed by atoms with E-state index in [1.165, 1.54) is 33.4 Å². The van der Waals surface area contributed by atoms with E-state index in [0.29, 0.717) is 5.84 Å². The molecule has 0 bridgehead atoms. The lowest BCUT2D eigenvalue weighted by molar-refractivity contribution is 0.483. The van der Waals surface area contributed by atoms with Crippen LogP contribution < -0.4 is 4.74 Å². The van der Waals surface area contributed by atoms with Gasteiger partial charge >= 0.3 is 5.84 Å². The summed E-state index contributed by atoms with van der Waals surface area (Å²) in [7, 11) is 0. The molecule has 0 unspecified atom stereocenters. The van der Waals surface area contributed by atoms with Crippen molar-refractivity contribution in [2.24, 2.45) is 0 Å². The second kappa shape index (κ2) is 10.5. The fourth-order valence-corrected chi connectivity index (χ4v) is 7.16. The van der Waals surface area contributed by atoms with E-state index in [1.54, 1.807) is 6.26 Å². The first kappa shape index (κ1) is 26.3. The zero-order chi connectivity index (χ0) is 30.5. The Morgan fingerprint density at radius 2 is 1.13 bits per heavy atom. The molecular weight excluding hydrogens is 564 g/mol. The van der Waals surface area contributed by atoms with Crippen LogP contribution in [0.4, 0.5) is 0 Å². The third-order valence-electron chi connectivity index (χ3n) is 9.10. The van der Waals surface area contributed by atoms with Gasteiger partial charge in [0.15, 0.2) is 0 Å². The van der Waals surface area contributed by atoms with Crippen molar-refractivity contribution in [3.8, 4) is 45.1 Å². The highest BCUT2D eigenvalue weighted by Crippen LogP contribution is 2.56. The molecule has 8 aromatic rings. The summed E-state index contributed by atoms with van der Waals surface area (Å²) in [6, 6.07) is 55.3. The topological polar surface area (TPSA) is 39.7 Å². The highest BCUT2D eigenvalue weighted by Gasteiger charge is 2.46. The van der Waals surface area contributed by atoms with Crippen LogP contribution in [0.3, 0.4) is 0 Å². The van der Waals surface area contributed by atoms with Crippen LogP contribution in [0.2, 0.25) is 0 Å². The van der Waals surface area contributed by atoms with Gasteiger partial charge in [0.2, 0.25) is 0 Å². The molecule has 4 nitrogen and oxygen atoms in total. The van der Waals surface area contributed by atoms with Gasteiger partial charge < -0.3 is 9.15 Å². The number of rotatable bonds is 6. The first-order valence-electron chi connectivity index (χ1n) is 15.5. The van der Waals surface area contributed by atoms with E-state index >= 15 is 0 Å². The minimum Gasteiger partial charge on any atom is -0.457 e. The Balaban J connectivity index is 1.24. The van der Waals surface area contributed by atoms with E-state index in [4.69, 9.17) is 14.1 Å². The summed E-state index contributed by atoms with van der Waals surface area (Å²) in [6.45, 7) is 0. The van der Waals surface area contributed by atoms with Gasteiger partial charge in [-0.25, -0.2) is 0 Å². The number of nitrogens with zero attached hydrogens (tertiary/aromatic N) is 2. The second-order valence-corrected chi connectivity index (χ2v) is 11.6. The largest absolute Gasteiger partial charge is 0.457 e. The van der Waals surface area contributed by atoms with Gasteiger partial charge in [-0.15, -0.1) is 0 Å². The molecule has 2 aromatic heterocycles. The third-order valence-corrected chi connectivity index (χ3v) is 9.10. The maximum absolute atomic E-state index is 6.09. The van der Waals surface area contributed by atoms with Gasteiger partial charge in [0.05, 0.1) is 11.1 Å². The standard InChI is InChI=1S/C42H28N2O2/c1-4-12-31(13-5-1)42(32-14-6-2-7-15-32)37-19-11-10-18-35(37)36-25-22-30(28-38(36)42)39-40(44-26-27-45-41(44)43-39)29-20-23-34(24-21-29)46-33-16-8-3-9-17-33/h1-28H. The Bertz CT molecular complexity index is 2280. The average molecular weight is 593 g/mol. The minimum absolute atomic E-state index is 0.486. The number of benzene rings is 6. The number of fused-ring (bicyclic) bond motifs is 4. The van der Waals surface area contributed by atoms with Crippen molar-refractivity contribution in [1.82, 2.24) is 9.38 Å². The van der Waals surface area contributed by atoms with E-state index < -0.39 is 5.41 Å². The Morgan fingerprint density at radius 1 is 0.543 bits per heavy atom. The monoisotopic (exact) mass is 592 g/mol. The number of aromatic nitrogens is 2. The van der Waals surface area contributed by atoms with Crippen molar-refractivity contribution in [3.05, 3.63) is 192 Å². The molecule has 46 heavy (non-hydrogen) atoms. The molecule has 0 spiro atoms. The van der Waals surface area contributed by atoms with Gasteiger partial charge in [-0.3, -0.25) is 4.40 Å². The van der Waals surface area contributed by atoms with Crippen molar-refractivity contribution >= 4 is 5.84 Å². The van der Waals surface area contributed by atoms with Gasteiger partial charge in [0, 0.05) is 17.3 Å². The van der Waals surface area contributed by atoms with E-state index in [0.717, 1.165) is 34.0 Å². The number of imidazole rings is 1. The fourth-order valence-electron chi connectivity index (χ4n) is 7.16. The number of hydrogen-bond acceptors (Lipinski definition) is 3. The first-order chi connectivity index (χ1) is 22.8. The quantitative estimate of drug-likeness (QED) is 0.193. The fraction of sp³-hybridized carbons (Fsp3) is 0.0238. The predicted molar refractivity (Wildman–Crippen MR) is 182 cm³/mol. The van der Waals surface area contributed by atoms with Gasteiger partial charge in [-0.1, -0.05) is 115 Å². The molecular formula is C42H28N2O2. The Kier molecular flexibility index (Phi) is 6.00. The maximum Gasteiger partial charge on any atom is 0.306 e. The Labute approximate surface area is 266 Å². The van der Waals surface area contributed by atoms with E-state index in [9.17, 15) is 0 Å². The van der Waals surface area contributed by atoms with Crippen LogP contribution in [0.15, 0.2) is 175 Å². The van der Waals surface area contributed by atoms with Crippen molar-refractivity contribution in [1.29, 1.82) is 0 Å². The van der Waals surface area contributed by atoms with E-state index in [1.807, 2.05) is 53.1 Å². The maximum atomic E-state index is 6.09. The number of para-hydroxylation sites is 1. The van der Waals surface area contributed by atoms with E-state index in [-0.39, 0.29) is 0 Å². The summed E-state index contributed by atoms with van der Waals surface area (Å²) in [6.07, 6.45) is 3.61. The Hall–Kier alpha value is -6.13. The Morgan fingerprint density at radius 3 is 1.85 bits per heavy atom. The number of ether oxygens (including phenoxy) is 1. The second-order valence-electron chi connectivity index (χ2n) is 11.6. The summed E-state index contributed by atoms with van der Waals surface area (Å²) < 4.78 is 13.9. The molecule has 0 atom stereocenters. The van der Waals surface area contributed by atoms with Crippen molar-refractivity contribution < 1.29 is 9.15 Å². The van der Waals surface area contributed by atoms with Crippen LogP contribution in [0.5, 0.6) is 11.5 Å². The minimum atomic E-state index is -0.486. The molecule has 0 saturated heterocycles. The van der Waals surface area contributed by atoms with Crippen LogP contribution in [-0.4, -0.2) is 9.38 Å². The summed E-state index contributed by atoms with van der Waals surface area (Å²) in [5.74, 6) is 2.13. The third kappa shape index (κ3) is 3.97. The van der Waals surface area contributed by atoms with Crippen LogP contribution >= 0.6 is 0 Å². The predicted octanol–water partition coefficient (Wildman–Crippen LogP) is 10.4. The summed E-state index contributed by atoms with van der Waals surface area (Å²) >= 11 is 0. The van der Waals surface area contributed by atoms with Crippen molar-refractivity contribution in [2.45, 2.75) is 5.41 Å². The average Bonchev–Trinajstić information content (AvgIpc) is 3.81. The molecule has 0 radical (unpaired) electrons. The number of oxazole rings is 1. The lowest BCUT2D eigenvalue weighted by Crippen LogP contribution is -2.28. The lowest BCUT2D eigenvalue weighted by Gasteiger charge is -2.34. The molecule has 0 amide bonds. The van der Waals surface area contributed by atoms with Crippen molar-refractivity contribution in [3.63, 3.8) is 0 Å². The zero-order valence-corrected chi connectivity index (χ0v) is 24.9. The van der Waals surface area contributed by atoms with Crippen molar-refractivity contribution in [2.75, 3.05) is 0 Å². The van der Waals surface area contributed by atoms with Crippen LogP contribution in [0.1, 0.15) is 22.3 Å². The molecule has 218 valence electrons. The molecule has 0 saturated carbocycles. The first-order valence-corrected chi connectivity index (χ1v) is 15.5. The van der Waals surface area contributed by atoms with Crippen LogP contribution in [-0.2, 0) is 5.41 Å². The van der Waals surface area contributed by atoms with Crippen LogP contribution in [0, 0.1) is 0 Å². The molecule has 0 aliphatic heterocycles. The normalized spacial score (nSPS) is 13.0. The van der Waals surface area contributed by atoms with Gasteiger partial charge in [-0.2, -0.15) is 4.98 Å². The number of hydrogen-bond donors (Lipinski definition) is 0. The summed E-state index contributed by atoms with van der Waals surface area (Å²) in [5.41, 5.74) is 10.9. The molecule has 0 fully saturated rings. The molecule has 4 heteroatoms. The highest BCUT2D eigenvalue weighted by molar-refractivity contribution is 5.90. The van der Waals surface area contributed by atoms with E-state index in [2.05, 4.69) is 115 Å².